The average molecular weight is 338 g/mol. The Balaban J connectivity index is 1.73. The van der Waals surface area contributed by atoms with E-state index >= 15 is 0 Å². The van der Waals surface area contributed by atoms with Crippen LogP contribution in [0.4, 0.5) is 4.39 Å². The van der Waals surface area contributed by atoms with E-state index in [4.69, 9.17) is 16.3 Å². The second kappa shape index (κ2) is 6.68. The molecule has 2 heterocycles. The Morgan fingerprint density at radius 1 is 1.57 bits per heavy atom. The van der Waals surface area contributed by atoms with Crippen LogP contribution in [-0.4, -0.2) is 28.3 Å². The molecule has 1 aromatic heterocycles. The standard InChI is InChI=1S/C16H17ClFN3O2/c1-2-21-9-11(8-19-21)16(22)20-14-5-6-23-15(14)10-3-4-12(17)13(18)7-10/h3-4,7-9,14-15H,2,5-6H2,1H3,(H,20,22)/t14-,15-/m0/s1. The van der Waals surface area contributed by atoms with Crippen molar-refractivity contribution in [1.82, 2.24) is 15.1 Å². The molecule has 1 saturated heterocycles. The molecule has 3 rings (SSSR count). The van der Waals surface area contributed by atoms with Gasteiger partial charge in [0.25, 0.3) is 5.91 Å². The topological polar surface area (TPSA) is 56.2 Å². The zero-order valence-electron chi connectivity index (χ0n) is 12.6. The van der Waals surface area contributed by atoms with Crippen LogP contribution in [0.1, 0.15) is 35.4 Å². The van der Waals surface area contributed by atoms with Crippen molar-refractivity contribution in [3.05, 3.63) is 52.6 Å². The first-order valence-electron chi connectivity index (χ1n) is 7.48. The number of hydrogen-bond donors (Lipinski definition) is 1. The monoisotopic (exact) mass is 337 g/mol. The van der Waals surface area contributed by atoms with Gasteiger partial charge in [-0.15, -0.1) is 0 Å². The molecule has 0 radical (unpaired) electrons. The van der Waals surface area contributed by atoms with Gasteiger partial charge in [0, 0.05) is 19.3 Å². The van der Waals surface area contributed by atoms with E-state index in [1.54, 1.807) is 16.9 Å². The van der Waals surface area contributed by atoms with Gasteiger partial charge in [-0.05, 0) is 31.0 Å². The smallest absolute Gasteiger partial charge is 0.254 e. The van der Waals surface area contributed by atoms with E-state index < -0.39 is 5.82 Å². The van der Waals surface area contributed by atoms with Crippen molar-refractivity contribution < 1.29 is 13.9 Å². The Labute approximate surface area is 138 Å². The molecule has 1 aliphatic rings. The van der Waals surface area contributed by atoms with Crippen molar-refractivity contribution in [3.8, 4) is 0 Å². The van der Waals surface area contributed by atoms with Gasteiger partial charge in [0.2, 0.25) is 0 Å². The Morgan fingerprint density at radius 2 is 2.39 bits per heavy atom. The normalized spacial score (nSPS) is 20.7. The Morgan fingerprint density at radius 3 is 3.09 bits per heavy atom. The van der Waals surface area contributed by atoms with Crippen LogP contribution in [0.25, 0.3) is 0 Å². The quantitative estimate of drug-likeness (QED) is 0.933. The molecule has 7 heteroatoms. The SMILES string of the molecule is CCn1cc(C(=O)N[C@H]2CCO[C@H]2c2ccc(Cl)c(F)c2)cn1. The van der Waals surface area contributed by atoms with E-state index in [0.717, 1.165) is 0 Å². The molecule has 2 aromatic rings. The number of amides is 1. The zero-order chi connectivity index (χ0) is 16.4. The van der Waals surface area contributed by atoms with E-state index in [2.05, 4.69) is 10.4 Å². The first kappa shape index (κ1) is 16.0. The van der Waals surface area contributed by atoms with Crippen LogP contribution in [0.3, 0.4) is 0 Å². The van der Waals surface area contributed by atoms with E-state index in [-0.39, 0.29) is 23.1 Å². The van der Waals surface area contributed by atoms with Crippen LogP contribution in [0.15, 0.2) is 30.6 Å². The zero-order valence-corrected chi connectivity index (χ0v) is 13.4. The molecule has 1 N–H and O–H groups in total. The molecule has 0 saturated carbocycles. The first-order valence-corrected chi connectivity index (χ1v) is 7.86. The summed E-state index contributed by atoms with van der Waals surface area (Å²) in [6, 6.07) is 4.35. The molecule has 0 aliphatic carbocycles. The number of carbonyl (C=O) groups excluding carboxylic acids is 1. The summed E-state index contributed by atoms with van der Waals surface area (Å²) in [4.78, 5) is 12.3. The van der Waals surface area contributed by atoms with Crippen LogP contribution in [0.2, 0.25) is 5.02 Å². The summed E-state index contributed by atoms with van der Waals surface area (Å²) in [7, 11) is 0. The number of hydrogen-bond acceptors (Lipinski definition) is 3. The summed E-state index contributed by atoms with van der Waals surface area (Å²) < 4.78 is 21.0. The predicted molar refractivity (Wildman–Crippen MR) is 83.9 cm³/mol. The van der Waals surface area contributed by atoms with Crippen LogP contribution in [-0.2, 0) is 11.3 Å². The third-order valence-electron chi connectivity index (χ3n) is 3.90. The van der Waals surface area contributed by atoms with Crippen molar-refractivity contribution in [2.24, 2.45) is 0 Å². The van der Waals surface area contributed by atoms with Gasteiger partial charge in [0.1, 0.15) is 11.9 Å². The summed E-state index contributed by atoms with van der Waals surface area (Å²) in [5.74, 6) is -0.700. The van der Waals surface area contributed by atoms with Crippen LogP contribution < -0.4 is 5.32 Å². The number of ether oxygens (including phenoxy) is 1. The fourth-order valence-corrected chi connectivity index (χ4v) is 2.78. The summed E-state index contributed by atoms with van der Waals surface area (Å²) >= 11 is 5.71. The minimum absolute atomic E-state index is 0.0688. The molecule has 122 valence electrons. The predicted octanol–water partition coefficient (Wildman–Crippen LogP) is 2.96. The minimum atomic E-state index is -0.492. The Bertz CT molecular complexity index is 719. The van der Waals surface area contributed by atoms with Gasteiger partial charge in [0.05, 0.1) is 22.8 Å². The van der Waals surface area contributed by atoms with Gasteiger partial charge in [-0.3, -0.25) is 9.48 Å². The number of aromatic nitrogens is 2. The molecular formula is C16H17ClFN3O2. The van der Waals surface area contributed by atoms with Crippen LogP contribution >= 0.6 is 11.6 Å². The van der Waals surface area contributed by atoms with Crippen LogP contribution in [0, 0.1) is 5.82 Å². The highest BCUT2D eigenvalue weighted by Gasteiger charge is 2.31. The molecular weight excluding hydrogens is 321 g/mol. The van der Waals surface area contributed by atoms with E-state index in [0.29, 0.717) is 30.7 Å². The highest BCUT2D eigenvalue weighted by atomic mass is 35.5. The average Bonchev–Trinajstić information content (AvgIpc) is 3.19. The van der Waals surface area contributed by atoms with Crippen molar-refractivity contribution in [1.29, 1.82) is 0 Å². The summed E-state index contributed by atoms with van der Waals surface area (Å²) in [5, 5.41) is 7.10. The number of carbonyl (C=O) groups is 1. The molecule has 0 spiro atoms. The lowest BCUT2D eigenvalue weighted by molar-refractivity contribution is 0.0820. The van der Waals surface area contributed by atoms with Gasteiger partial charge in [-0.1, -0.05) is 17.7 Å². The molecule has 2 atom stereocenters. The van der Waals surface area contributed by atoms with Gasteiger partial charge in [0.15, 0.2) is 0 Å². The first-order chi connectivity index (χ1) is 11.1. The number of benzene rings is 1. The summed E-state index contributed by atoms with van der Waals surface area (Å²) in [5.41, 5.74) is 1.17. The Hall–Kier alpha value is -1.92. The fourth-order valence-electron chi connectivity index (χ4n) is 2.66. The minimum Gasteiger partial charge on any atom is -0.371 e. The lowest BCUT2D eigenvalue weighted by Crippen LogP contribution is -2.36. The lowest BCUT2D eigenvalue weighted by Gasteiger charge is -2.20. The number of aryl methyl sites for hydroxylation is 1. The second-order valence-electron chi connectivity index (χ2n) is 5.42. The number of rotatable bonds is 4. The Kier molecular flexibility index (Phi) is 4.63. The summed E-state index contributed by atoms with van der Waals surface area (Å²) in [6.45, 7) is 3.16. The molecule has 0 bridgehead atoms. The number of nitrogens with zero attached hydrogens (tertiary/aromatic N) is 2. The molecule has 1 amide bonds. The molecule has 1 aromatic carbocycles. The molecule has 1 aliphatic heterocycles. The van der Waals surface area contributed by atoms with Crippen molar-refractivity contribution in [2.45, 2.75) is 32.0 Å². The van der Waals surface area contributed by atoms with E-state index in [1.807, 2.05) is 6.92 Å². The van der Waals surface area contributed by atoms with Crippen molar-refractivity contribution >= 4 is 17.5 Å². The number of nitrogens with one attached hydrogen (secondary N) is 1. The maximum atomic E-state index is 13.6. The third kappa shape index (κ3) is 3.38. The third-order valence-corrected chi connectivity index (χ3v) is 4.21. The maximum absolute atomic E-state index is 13.6. The molecule has 5 nitrogen and oxygen atoms in total. The largest absolute Gasteiger partial charge is 0.371 e. The van der Waals surface area contributed by atoms with Gasteiger partial charge in [-0.2, -0.15) is 5.10 Å². The van der Waals surface area contributed by atoms with E-state index in [1.165, 1.54) is 18.3 Å². The highest BCUT2D eigenvalue weighted by Crippen LogP contribution is 2.31. The van der Waals surface area contributed by atoms with Gasteiger partial charge < -0.3 is 10.1 Å². The maximum Gasteiger partial charge on any atom is 0.254 e. The summed E-state index contributed by atoms with van der Waals surface area (Å²) in [6.07, 6.45) is 3.52. The van der Waals surface area contributed by atoms with Crippen LogP contribution in [0.5, 0.6) is 0 Å². The fraction of sp³-hybridized carbons (Fsp3) is 0.375. The lowest BCUT2D eigenvalue weighted by atomic mass is 10.0. The molecule has 0 unspecified atom stereocenters. The van der Waals surface area contributed by atoms with Gasteiger partial charge in [-0.25, -0.2) is 4.39 Å². The molecule has 23 heavy (non-hydrogen) atoms. The molecule has 1 fully saturated rings. The van der Waals surface area contributed by atoms with E-state index in [9.17, 15) is 9.18 Å². The van der Waals surface area contributed by atoms with Crippen molar-refractivity contribution in [3.63, 3.8) is 0 Å². The second-order valence-corrected chi connectivity index (χ2v) is 5.83. The van der Waals surface area contributed by atoms with Crippen molar-refractivity contribution in [2.75, 3.05) is 6.61 Å². The highest BCUT2D eigenvalue weighted by molar-refractivity contribution is 6.30. The number of halogens is 2. The van der Waals surface area contributed by atoms with Gasteiger partial charge >= 0.3 is 0 Å².